The van der Waals surface area contributed by atoms with Crippen molar-refractivity contribution < 1.29 is 17.9 Å². The number of hydrogen-bond acceptors (Lipinski definition) is 4. The van der Waals surface area contributed by atoms with Crippen molar-refractivity contribution in [3.63, 3.8) is 0 Å². The van der Waals surface area contributed by atoms with Crippen molar-refractivity contribution in [2.75, 3.05) is 0 Å². The molecule has 2 aromatic carbocycles. The molecule has 0 aliphatic heterocycles. The number of nitrogens with zero attached hydrogens (tertiary/aromatic N) is 2. The topological polar surface area (TPSA) is 77.0 Å². The van der Waals surface area contributed by atoms with Crippen LogP contribution in [0.25, 0.3) is 16.9 Å². The number of hydrogen-bond donors (Lipinski definition) is 1. The molecule has 0 amide bonds. The van der Waals surface area contributed by atoms with Crippen LogP contribution in [0.2, 0.25) is 10.0 Å². The van der Waals surface area contributed by atoms with Crippen LogP contribution < -0.4 is 16.0 Å². The van der Waals surface area contributed by atoms with Crippen LogP contribution in [-0.4, -0.2) is 14.5 Å². The third-order valence-electron chi connectivity index (χ3n) is 4.54. The van der Waals surface area contributed by atoms with Gasteiger partial charge in [-0.3, -0.25) is 4.79 Å². The maximum atomic E-state index is 12.7. The van der Waals surface area contributed by atoms with Crippen LogP contribution in [0, 0.1) is 0 Å². The summed E-state index contributed by atoms with van der Waals surface area (Å²) in [7, 11) is 0. The molecule has 0 aliphatic rings. The second-order valence-corrected chi connectivity index (χ2v) is 7.56. The summed E-state index contributed by atoms with van der Waals surface area (Å²) in [6.45, 7) is 0. The zero-order valence-electron chi connectivity index (χ0n) is 16.4. The molecule has 2 heterocycles. The van der Waals surface area contributed by atoms with E-state index < -0.39 is 23.0 Å². The highest BCUT2D eigenvalue weighted by atomic mass is 35.5. The predicted octanol–water partition coefficient (Wildman–Crippen LogP) is 5.71. The maximum absolute atomic E-state index is 12.7. The lowest BCUT2D eigenvalue weighted by molar-refractivity contribution is -0.137. The maximum Gasteiger partial charge on any atom is 0.417 e. The van der Waals surface area contributed by atoms with Crippen LogP contribution in [-0.2, 0) is 6.18 Å². The second kappa shape index (κ2) is 8.76. The molecule has 1 N–H and O–H groups in total. The Labute approximate surface area is 193 Å². The van der Waals surface area contributed by atoms with E-state index in [0.29, 0.717) is 22.8 Å². The predicted molar refractivity (Wildman–Crippen MR) is 117 cm³/mol. The van der Waals surface area contributed by atoms with E-state index in [1.165, 1.54) is 30.3 Å². The van der Waals surface area contributed by atoms with Crippen LogP contribution in [0.1, 0.15) is 5.56 Å². The molecule has 4 aromatic rings. The lowest BCUT2D eigenvalue weighted by atomic mass is 10.1. The number of alkyl halides is 3. The van der Waals surface area contributed by atoms with Gasteiger partial charge in [-0.25, -0.2) is 14.3 Å². The van der Waals surface area contributed by atoms with E-state index in [2.05, 4.69) is 9.97 Å². The SMILES string of the molecule is O=c1cc(-c2ccccc2Cl)[nH]c(=O)n1-c1ccc(Oc2ncc(C(F)(F)F)cc2Cl)cc1. The summed E-state index contributed by atoms with van der Waals surface area (Å²) in [6, 6.07) is 14.4. The minimum atomic E-state index is -4.58. The van der Waals surface area contributed by atoms with Crippen molar-refractivity contribution in [2.45, 2.75) is 6.18 Å². The summed E-state index contributed by atoms with van der Waals surface area (Å²) >= 11 is 12.0. The zero-order valence-corrected chi connectivity index (χ0v) is 17.9. The number of ether oxygens (including phenoxy) is 1. The van der Waals surface area contributed by atoms with Crippen LogP contribution in [0.15, 0.2) is 76.4 Å². The molecule has 0 bridgehead atoms. The van der Waals surface area contributed by atoms with Crippen molar-refractivity contribution >= 4 is 23.2 Å². The first-order chi connectivity index (χ1) is 15.6. The van der Waals surface area contributed by atoms with Gasteiger partial charge in [-0.2, -0.15) is 13.2 Å². The van der Waals surface area contributed by atoms with Gasteiger partial charge in [-0.15, -0.1) is 0 Å². The molecule has 168 valence electrons. The van der Waals surface area contributed by atoms with Crippen molar-refractivity contribution in [3.8, 4) is 28.6 Å². The minimum absolute atomic E-state index is 0.185. The number of nitrogens with one attached hydrogen (secondary N) is 1. The first-order valence-corrected chi connectivity index (χ1v) is 10.0. The molecule has 11 heteroatoms. The van der Waals surface area contributed by atoms with Crippen molar-refractivity contribution in [1.29, 1.82) is 0 Å². The molecule has 2 aromatic heterocycles. The van der Waals surface area contributed by atoms with Gasteiger partial charge in [0.15, 0.2) is 0 Å². The fraction of sp³-hybridized carbons (Fsp3) is 0.0455. The van der Waals surface area contributed by atoms with Gasteiger partial charge in [0.1, 0.15) is 10.8 Å². The van der Waals surface area contributed by atoms with E-state index in [4.69, 9.17) is 27.9 Å². The molecule has 0 atom stereocenters. The summed E-state index contributed by atoms with van der Waals surface area (Å²) in [6.07, 6.45) is -3.98. The lowest BCUT2D eigenvalue weighted by Crippen LogP contribution is -2.33. The van der Waals surface area contributed by atoms with Crippen LogP contribution >= 0.6 is 23.2 Å². The smallest absolute Gasteiger partial charge is 0.417 e. The number of pyridine rings is 1. The molecular weight excluding hydrogens is 482 g/mol. The summed E-state index contributed by atoms with van der Waals surface area (Å²) in [5, 5.41) is 0.0547. The number of H-pyrrole nitrogens is 1. The Morgan fingerprint density at radius 1 is 0.939 bits per heavy atom. The fourth-order valence-electron chi connectivity index (χ4n) is 2.99. The Bertz CT molecular complexity index is 1420. The van der Waals surface area contributed by atoms with E-state index in [-0.39, 0.29) is 28.0 Å². The lowest BCUT2D eigenvalue weighted by Gasteiger charge is -2.11. The molecule has 0 saturated heterocycles. The van der Waals surface area contributed by atoms with E-state index in [1.54, 1.807) is 24.3 Å². The fourth-order valence-corrected chi connectivity index (χ4v) is 3.44. The average molecular weight is 494 g/mol. The van der Waals surface area contributed by atoms with E-state index in [9.17, 15) is 22.8 Å². The monoisotopic (exact) mass is 493 g/mol. The standard InChI is InChI=1S/C22H12Cl2F3N3O3/c23-16-4-2-1-3-15(16)18-10-19(31)30(21(32)29-18)13-5-7-14(8-6-13)33-20-17(24)9-12(11-28-20)22(25,26)27/h1-11H,(H,29,32). The Morgan fingerprint density at radius 2 is 1.64 bits per heavy atom. The normalized spacial score (nSPS) is 11.4. The first-order valence-electron chi connectivity index (χ1n) is 9.26. The largest absolute Gasteiger partial charge is 0.438 e. The Balaban J connectivity index is 1.61. The molecular formula is C22H12Cl2F3N3O3. The van der Waals surface area contributed by atoms with Gasteiger partial charge in [-0.1, -0.05) is 41.4 Å². The number of halogens is 5. The molecule has 0 saturated carbocycles. The van der Waals surface area contributed by atoms with Crippen LogP contribution in [0.5, 0.6) is 11.6 Å². The molecule has 0 unspecified atom stereocenters. The molecule has 0 fully saturated rings. The van der Waals surface area contributed by atoms with E-state index in [0.717, 1.165) is 4.57 Å². The van der Waals surface area contributed by atoms with Gasteiger partial charge in [0.2, 0.25) is 5.88 Å². The van der Waals surface area contributed by atoms with Gasteiger partial charge >= 0.3 is 11.9 Å². The zero-order chi connectivity index (χ0) is 23.8. The molecule has 0 aliphatic carbocycles. The summed E-state index contributed by atoms with van der Waals surface area (Å²) < 4.78 is 44.5. The average Bonchev–Trinajstić information content (AvgIpc) is 2.75. The van der Waals surface area contributed by atoms with Crippen molar-refractivity contribution in [2.24, 2.45) is 0 Å². The molecule has 4 rings (SSSR count). The molecule has 0 radical (unpaired) electrons. The van der Waals surface area contributed by atoms with Gasteiger partial charge in [0, 0.05) is 22.8 Å². The van der Waals surface area contributed by atoms with Crippen LogP contribution in [0.4, 0.5) is 13.2 Å². The summed E-state index contributed by atoms with van der Waals surface area (Å²) in [5.41, 5.74) is -1.26. The van der Waals surface area contributed by atoms with Crippen molar-refractivity contribution in [1.82, 2.24) is 14.5 Å². The Hall–Kier alpha value is -3.56. The van der Waals surface area contributed by atoms with E-state index in [1.807, 2.05) is 0 Å². The third-order valence-corrected chi connectivity index (χ3v) is 5.14. The highest BCUT2D eigenvalue weighted by Crippen LogP contribution is 2.34. The van der Waals surface area contributed by atoms with Crippen molar-refractivity contribution in [3.05, 3.63) is 103 Å². The molecule has 6 nitrogen and oxygen atoms in total. The van der Waals surface area contributed by atoms with E-state index >= 15 is 0 Å². The highest BCUT2D eigenvalue weighted by Gasteiger charge is 2.31. The quantitative estimate of drug-likeness (QED) is 0.395. The number of aromatic amines is 1. The number of aromatic nitrogens is 3. The number of rotatable bonds is 4. The number of benzene rings is 2. The molecule has 33 heavy (non-hydrogen) atoms. The van der Waals surface area contributed by atoms with Gasteiger partial charge < -0.3 is 9.72 Å². The van der Waals surface area contributed by atoms with Gasteiger partial charge in [0.25, 0.3) is 5.56 Å². The minimum Gasteiger partial charge on any atom is -0.438 e. The van der Waals surface area contributed by atoms with Gasteiger partial charge in [-0.05, 0) is 36.4 Å². The first kappa shape index (κ1) is 22.6. The Kier molecular flexibility index (Phi) is 6.01. The Morgan fingerprint density at radius 3 is 2.24 bits per heavy atom. The second-order valence-electron chi connectivity index (χ2n) is 6.75. The van der Waals surface area contributed by atoms with Crippen LogP contribution in [0.3, 0.4) is 0 Å². The van der Waals surface area contributed by atoms with Gasteiger partial charge in [0.05, 0.1) is 16.9 Å². The summed E-state index contributed by atoms with van der Waals surface area (Å²) in [4.78, 5) is 31.4. The molecule has 0 spiro atoms. The summed E-state index contributed by atoms with van der Waals surface area (Å²) in [5.74, 6) is -0.0402. The highest BCUT2D eigenvalue weighted by molar-refractivity contribution is 6.33. The third kappa shape index (κ3) is 4.79.